The second-order valence-corrected chi connectivity index (χ2v) is 6.76. The fourth-order valence-electron chi connectivity index (χ4n) is 2.03. The van der Waals surface area contributed by atoms with Crippen molar-refractivity contribution in [3.63, 3.8) is 0 Å². The average molecular weight is 349 g/mol. The summed E-state index contributed by atoms with van der Waals surface area (Å²) in [5, 5.41) is 9.98. The number of benzene rings is 1. The van der Waals surface area contributed by atoms with Gasteiger partial charge >= 0.3 is 6.18 Å². The molecule has 0 bridgehead atoms. The molecule has 0 spiro atoms. The Kier molecular flexibility index (Phi) is 7.91. The zero-order valence-corrected chi connectivity index (χ0v) is 14.0. The van der Waals surface area contributed by atoms with Gasteiger partial charge in [-0.05, 0) is 11.5 Å². The Labute approximate surface area is 138 Å². The average Bonchev–Trinajstić information content (AvgIpc) is 2.45. The van der Waals surface area contributed by atoms with Gasteiger partial charge in [0.1, 0.15) is 6.54 Å². The largest absolute Gasteiger partial charge is 0.406 e. The molecule has 1 aromatic carbocycles. The number of hydrogen-bond donors (Lipinski definition) is 1. The molecule has 0 aliphatic heterocycles. The van der Waals surface area contributed by atoms with Gasteiger partial charge in [-0.3, -0.25) is 4.79 Å². The van der Waals surface area contributed by atoms with Crippen LogP contribution in [0, 0.1) is 5.92 Å². The van der Waals surface area contributed by atoms with Gasteiger partial charge < -0.3 is 10.0 Å². The van der Waals surface area contributed by atoms with E-state index in [1.807, 2.05) is 6.07 Å². The lowest BCUT2D eigenvalue weighted by Gasteiger charge is -2.25. The molecule has 1 amide bonds. The fourth-order valence-corrected chi connectivity index (χ4v) is 2.92. The Balaban J connectivity index is 2.48. The minimum Gasteiger partial charge on any atom is -0.388 e. The van der Waals surface area contributed by atoms with Crippen LogP contribution in [0.2, 0.25) is 0 Å². The maximum Gasteiger partial charge on any atom is 0.406 e. The number of nitrogens with zero attached hydrogens (tertiary/aromatic N) is 1. The SMILES string of the molecule is CC(C)CN(CC(F)(F)F)C(=O)CSCC(O)c1ccccc1. The number of thioether (sulfide) groups is 1. The van der Waals surface area contributed by atoms with Crippen molar-refractivity contribution in [2.75, 3.05) is 24.6 Å². The number of aliphatic hydroxyl groups is 1. The monoisotopic (exact) mass is 349 g/mol. The first-order valence-electron chi connectivity index (χ1n) is 7.34. The summed E-state index contributed by atoms with van der Waals surface area (Å²) in [6, 6.07) is 8.95. The summed E-state index contributed by atoms with van der Waals surface area (Å²) in [4.78, 5) is 12.8. The molecule has 7 heteroatoms. The first kappa shape index (κ1) is 19.8. The van der Waals surface area contributed by atoms with E-state index >= 15 is 0 Å². The minimum absolute atomic E-state index is 0.0405. The van der Waals surface area contributed by atoms with Crippen LogP contribution >= 0.6 is 11.8 Å². The quantitative estimate of drug-likeness (QED) is 0.781. The maximum atomic E-state index is 12.5. The van der Waals surface area contributed by atoms with Crippen LogP contribution in [0.4, 0.5) is 13.2 Å². The molecule has 0 aromatic heterocycles. The smallest absolute Gasteiger partial charge is 0.388 e. The molecule has 0 saturated heterocycles. The predicted molar refractivity (Wildman–Crippen MR) is 86.2 cm³/mol. The molecular weight excluding hydrogens is 327 g/mol. The normalized spacial score (nSPS) is 13.2. The molecule has 23 heavy (non-hydrogen) atoms. The Bertz CT molecular complexity index is 480. The van der Waals surface area contributed by atoms with E-state index in [2.05, 4.69) is 0 Å². The Morgan fingerprint density at radius 3 is 2.39 bits per heavy atom. The highest BCUT2D eigenvalue weighted by Crippen LogP contribution is 2.20. The number of aliphatic hydroxyl groups excluding tert-OH is 1. The Morgan fingerprint density at radius 2 is 1.87 bits per heavy atom. The number of rotatable bonds is 8. The van der Waals surface area contributed by atoms with Crippen LogP contribution in [-0.4, -0.2) is 46.7 Å². The van der Waals surface area contributed by atoms with Gasteiger partial charge in [-0.15, -0.1) is 11.8 Å². The van der Waals surface area contributed by atoms with Gasteiger partial charge in [-0.2, -0.15) is 13.2 Å². The predicted octanol–water partition coefficient (Wildman–Crippen LogP) is 3.50. The van der Waals surface area contributed by atoms with E-state index in [1.165, 1.54) is 0 Å². The minimum atomic E-state index is -4.40. The summed E-state index contributed by atoms with van der Waals surface area (Å²) in [7, 11) is 0. The second kappa shape index (κ2) is 9.17. The van der Waals surface area contributed by atoms with Crippen LogP contribution < -0.4 is 0 Å². The van der Waals surface area contributed by atoms with Crippen LogP contribution in [0.3, 0.4) is 0 Å². The van der Waals surface area contributed by atoms with Crippen molar-refractivity contribution in [1.29, 1.82) is 0 Å². The van der Waals surface area contributed by atoms with E-state index in [0.717, 1.165) is 22.2 Å². The number of alkyl halides is 3. The molecule has 0 radical (unpaired) electrons. The number of carbonyl (C=O) groups is 1. The topological polar surface area (TPSA) is 40.5 Å². The molecule has 1 aromatic rings. The van der Waals surface area contributed by atoms with Gasteiger partial charge in [0, 0.05) is 12.3 Å². The summed E-state index contributed by atoms with van der Waals surface area (Å²) in [5.74, 6) is -0.410. The van der Waals surface area contributed by atoms with Gasteiger partial charge in [-0.25, -0.2) is 0 Å². The van der Waals surface area contributed by atoms with Crippen LogP contribution in [0.25, 0.3) is 0 Å². The number of hydrogen-bond acceptors (Lipinski definition) is 3. The first-order valence-corrected chi connectivity index (χ1v) is 8.50. The lowest BCUT2D eigenvalue weighted by Crippen LogP contribution is -2.42. The lowest BCUT2D eigenvalue weighted by atomic mass is 10.1. The fraction of sp³-hybridized carbons (Fsp3) is 0.562. The molecule has 0 fully saturated rings. The standard InChI is InChI=1S/C16H22F3NO2S/c1-12(2)8-20(11-16(17,18)19)15(22)10-23-9-14(21)13-6-4-3-5-7-13/h3-7,12,14,21H,8-11H2,1-2H3. The molecule has 3 nitrogen and oxygen atoms in total. The van der Waals surface area contributed by atoms with Crippen molar-refractivity contribution in [2.45, 2.75) is 26.1 Å². The molecule has 0 saturated carbocycles. The van der Waals surface area contributed by atoms with Crippen molar-refractivity contribution in [3.8, 4) is 0 Å². The van der Waals surface area contributed by atoms with E-state index in [9.17, 15) is 23.1 Å². The molecule has 0 heterocycles. The number of halogens is 3. The summed E-state index contributed by atoms with van der Waals surface area (Å²) in [6.45, 7) is 2.37. The third-order valence-corrected chi connectivity index (χ3v) is 4.00. The molecule has 1 atom stereocenters. The van der Waals surface area contributed by atoms with Crippen molar-refractivity contribution < 1.29 is 23.1 Å². The number of amides is 1. The zero-order valence-electron chi connectivity index (χ0n) is 13.2. The maximum absolute atomic E-state index is 12.5. The van der Waals surface area contributed by atoms with Crippen molar-refractivity contribution in [1.82, 2.24) is 4.90 Å². The van der Waals surface area contributed by atoms with E-state index in [0.29, 0.717) is 0 Å². The van der Waals surface area contributed by atoms with E-state index < -0.39 is 24.7 Å². The van der Waals surface area contributed by atoms with Gasteiger partial charge in [0.05, 0.1) is 11.9 Å². The van der Waals surface area contributed by atoms with Crippen LogP contribution in [0.15, 0.2) is 30.3 Å². The van der Waals surface area contributed by atoms with E-state index in [-0.39, 0.29) is 24.0 Å². The van der Waals surface area contributed by atoms with Gasteiger partial charge in [0.25, 0.3) is 0 Å². The molecule has 0 aliphatic rings. The summed E-state index contributed by atoms with van der Waals surface area (Å²) in [5.41, 5.74) is 0.724. The lowest BCUT2D eigenvalue weighted by molar-refractivity contribution is -0.160. The highest BCUT2D eigenvalue weighted by Gasteiger charge is 2.33. The third kappa shape index (κ3) is 8.27. The van der Waals surface area contributed by atoms with Gasteiger partial charge in [-0.1, -0.05) is 44.2 Å². The highest BCUT2D eigenvalue weighted by molar-refractivity contribution is 7.99. The Morgan fingerprint density at radius 1 is 1.26 bits per heavy atom. The summed E-state index contributed by atoms with van der Waals surface area (Å²) < 4.78 is 37.6. The third-order valence-electron chi connectivity index (χ3n) is 2.99. The van der Waals surface area contributed by atoms with E-state index in [1.54, 1.807) is 38.1 Å². The molecule has 130 valence electrons. The van der Waals surface area contributed by atoms with Crippen LogP contribution in [0.1, 0.15) is 25.5 Å². The van der Waals surface area contributed by atoms with Crippen LogP contribution in [-0.2, 0) is 4.79 Å². The molecule has 1 N–H and O–H groups in total. The number of carbonyl (C=O) groups excluding carboxylic acids is 1. The van der Waals surface area contributed by atoms with Crippen molar-refractivity contribution in [3.05, 3.63) is 35.9 Å². The van der Waals surface area contributed by atoms with Gasteiger partial charge in [0.15, 0.2) is 0 Å². The molecular formula is C16H22F3NO2S. The molecule has 1 rings (SSSR count). The van der Waals surface area contributed by atoms with Crippen LogP contribution in [0.5, 0.6) is 0 Å². The first-order chi connectivity index (χ1) is 10.7. The van der Waals surface area contributed by atoms with Crippen molar-refractivity contribution in [2.24, 2.45) is 5.92 Å². The molecule has 1 unspecified atom stereocenters. The van der Waals surface area contributed by atoms with E-state index in [4.69, 9.17) is 0 Å². The van der Waals surface area contributed by atoms with Gasteiger partial charge in [0.2, 0.25) is 5.91 Å². The zero-order chi connectivity index (χ0) is 17.5. The van der Waals surface area contributed by atoms with Crippen molar-refractivity contribution >= 4 is 17.7 Å². The molecule has 0 aliphatic carbocycles. The summed E-state index contributed by atoms with van der Waals surface area (Å²) in [6.07, 6.45) is -5.14. The summed E-state index contributed by atoms with van der Waals surface area (Å²) >= 11 is 1.14. The Hall–Kier alpha value is -1.21. The highest BCUT2D eigenvalue weighted by atomic mass is 32.2. The second-order valence-electron chi connectivity index (χ2n) is 5.72.